The summed E-state index contributed by atoms with van der Waals surface area (Å²) in [5.74, 6) is 1.83. The minimum atomic E-state index is 0.0650. The van der Waals surface area contributed by atoms with Crippen LogP contribution >= 0.6 is 0 Å². The number of morpholine rings is 1. The van der Waals surface area contributed by atoms with Crippen LogP contribution in [-0.4, -0.2) is 40.9 Å². The molecule has 1 saturated heterocycles. The van der Waals surface area contributed by atoms with Gasteiger partial charge in [-0.15, -0.1) is 0 Å². The van der Waals surface area contributed by atoms with Crippen LogP contribution in [0.3, 0.4) is 0 Å². The van der Waals surface area contributed by atoms with Gasteiger partial charge < -0.3 is 9.64 Å². The van der Waals surface area contributed by atoms with E-state index in [0.717, 1.165) is 43.5 Å². The highest BCUT2D eigenvalue weighted by molar-refractivity contribution is 5.70. The lowest BCUT2D eigenvalue weighted by molar-refractivity contribution is 0.122. The van der Waals surface area contributed by atoms with Gasteiger partial charge in [0, 0.05) is 24.2 Å². The zero-order valence-electron chi connectivity index (χ0n) is 12.7. The van der Waals surface area contributed by atoms with E-state index in [1.807, 2.05) is 11.4 Å². The maximum absolute atomic E-state index is 5.43. The fraction of sp³-hybridized carbons (Fsp3) is 0.600. The smallest absolute Gasteiger partial charge is 0.157 e. The molecule has 3 rings (SSSR count). The molecule has 2 aromatic rings. The highest BCUT2D eigenvalue weighted by Gasteiger charge is 2.23. The minimum absolute atomic E-state index is 0.0650. The predicted octanol–water partition coefficient (Wildman–Crippen LogP) is 2.17. The van der Waals surface area contributed by atoms with Crippen molar-refractivity contribution >= 4 is 11.3 Å². The molecule has 3 heterocycles. The first-order valence-electron chi connectivity index (χ1n) is 7.16. The third-order valence-corrected chi connectivity index (χ3v) is 3.68. The monoisotopic (exact) mass is 274 g/mol. The molecule has 0 N–H and O–H groups in total. The predicted molar refractivity (Wildman–Crippen MR) is 79.5 cm³/mol. The first-order valence-corrected chi connectivity index (χ1v) is 7.16. The van der Waals surface area contributed by atoms with E-state index in [2.05, 4.69) is 47.9 Å². The van der Waals surface area contributed by atoms with Gasteiger partial charge in [-0.3, -0.25) is 0 Å². The summed E-state index contributed by atoms with van der Waals surface area (Å²) in [4.78, 5) is 6.95. The molecular formula is C15H22N4O. The van der Waals surface area contributed by atoms with E-state index in [1.165, 1.54) is 5.69 Å². The molecule has 0 atom stereocenters. The molecule has 1 aliphatic rings. The second-order valence-electron chi connectivity index (χ2n) is 6.35. The minimum Gasteiger partial charge on any atom is -0.378 e. The molecule has 0 unspecified atom stereocenters. The Kier molecular flexibility index (Phi) is 3.17. The van der Waals surface area contributed by atoms with Crippen molar-refractivity contribution in [3.63, 3.8) is 0 Å². The first kappa shape index (κ1) is 13.4. The zero-order valence-corrected chi connectivity index (χ0v) is 12.7. The van der Waals surface area contributed by atoms with E-state index in [4.69, 9.17) is 4.74 Å². The molecule has 20 heavy (non-hydrogen) atoms. The third-order valence-electron chi connectivity index (χ3n) is 3.68. The lowest BCUT2D eigenvalue weighted by Crippen LogP contribution is -2.37. The van der Waals surface area contributed by atoms with Crippen LogP contribution in [0.5, 0.6) is 0 Å². The molecule has 5 nitrogen and oxygen atoms in total. The lowest BCUT2D eigenvalue weighted by Gasteiger charge is -2.28. The molecule has 0 amide bonds. The summed E-state index contributed by atoms with van der Waals surface area (Å²) in [6, 6.07) is 4.29. The molecule has 0 aliphatic carbocycles. The molecular weight excluding hydrogens is 252 g/mol. The summed E-state index contributed by atoms with van der Waals surface area (Å²) < 4.78 is 7.48. The van der Waals surface area contributed by atoms with Crippen molar-refractivity contribution in [2.45, 2.75) is 33.1 Å². The summed E-state index contributed by atoms with van der Waals surface area (Å²) in [7, 11) is 0. The summed E-state index contributed by atoms with van der Waals surface area (Å²) in [5, 5.41) is 4.61. The average molecular weight is 274 g/mol. The highest BCUT2D eigenvalue weighted by Crippen LogP contribution is 2.28. The van der Waals surface area contributed by atoms with Crippen molar-refractivity contribution in [1.29, 1.82) is 0 Å². The molecule has 1 aliphatic heterocycles. The van der Waals surface area contributed by atoms with Crippen molar-refractivity contribution in [3.8, 4) is 0 Å². The van der Waals surface area contributed by atoms with Gasteiger partial charge in [-0.1, -0.05) is 20.8 Å². The van der Waals surface area contributed by atoms with Gasteiger partial charge >= 0.3 is 0 Å². The quantitative estimate of drug-likeness (QED) is 0.799. The number of nitrogens with zero attached hydrogens (tertiary/aromatic N) is 4. The number of rotatable bonds is 1. The molecule has 0 radical (unpaired) electrons. The van der Waals surface area contributed by atoms with Crippen molar-refractivity contribution in [1.82, 2.24) is 14.6 Å². The Balaban J connectivity index is 2.15. The summed E-state index contributed by atoms with van der Waals surface area (Å²) in [6.07, 6.45) is 0. The number of hydrogen-bond donors (Lipinski definition) is 0. The molecule has 5 heteroatoms. The van der Waals surface area contributed by atoms with Gasteiger partial charge in [0.15, 0.2) is 5.82 Å². The molecule has 1 fully saturated rings. The van der Waals surface area contributed by atoms with Crippen molar-refractivity contribution < 1.29 is 4.74 Å². The number of aromatic nitrogens is 3. The van der Waals surface area contributed by atoms with E-state index in [-0.39, 0.29) is 5.41 Å². The van der Waals surface area contributed by atoms with Gasteiger partial charge in [-0.2, -0.15) is 5.10 Å². The van der Waals surface area contributed by atoms with E-state index in [1.54, 1.807) is 0 Å². The van der Waals surface area contributed by atoms with Crippen LogP contribution in [0.15, 0.2) is 12.1 Å². The van der Waals surface area contributed by atoms with Crippen LogP contribution in [-0.2, 0) is 10.2 Å². The maximum atomic E-state index is 5.43. The lowest BCUT2D eigenvalue weighted by atomic mass is 9.93. The van der Waals surface area contributed by atoms with Crippen LogP contribution in [0.25, 0.3) is 5.52 Å². The SMILES string of the molecule is Cc1nc(N2CCOCC2)c2ccc(C(C)(C)C)n2n1. The van der Waals surface area contributed by atoms with Crippen LogP contribution in [0.4, 0.5) is 5.82 Å². The van der Waals surface area contributed by atoms with Gasteiger partial charge in [0.25, 0.3) is 0 Å². The van der Waals surface area contributed by atoms with Crippen molar-refractivity contribution in [2.24, 2.45) is 0 Å². The largest absolute Gasteiger partial charge is 0.378 e. The molecule has 108 valence electrons. The Labute approximate surface area is 119 Å². The topological polar surface area (TPSA) is 42.7 Å². The fourth-order valence-electron chi connectivity index (χ4n) is 2.66. The van der Waals surface area contributed by atoms with Crippen LogP contribution in [0.2, 0.25) is 0 Å². The Hall–Kier alpha value is -1.62. The van der Waals surface area contributed by atoms with Gasteiger partial charge in [0.05, 0.1) is 13.2 Å². The van der Waals surface area contributed by atoms with E-state index >= 15 is 0 Å². The zero-order chi connectivity index (χ0) is 14.3. The summed E-state index contributed by atoms with van der Waals surface area (Å²) in [6.45, 7) is 11.9. The van der Waals surface area contributed by atoms with Crippen molar-refractivity contribution in [2.75, 3.05) is 31.2 Å². The van der Waals surface area contributed by atoms with Crippen LogP contribution in [0.1, 0.15) is 32.3 Å². The van der Waals surface area contributed by atoms with Gasteiger partial charge in [0.2, 0.25) is 0 Å². The number of fused-ring (bicyclic) bond motifs is 1. The second kappa shape index (κ2) is 4.74. The molecule has 0 saturated carbocycles. The third kappa shape index (κ3) is 2.26. The van der Waals surface area contributed by atoms with E-state index in [9.17, 15) is 0 Å². The fourth-order valence-corrected chi connectivity index (χ4v) is 2.66. The Morgan fingerprint density at radius 3 is 2.50 bits per heavy atom. The normalized spacial score (nSPS) is 16.9. The Morgan fingerprint density at radius 2 is 1.85 bits per heavy atom. The Morgan fingerprint density at radius 1 is 1.15 bits per heavy atom. The average Bonchev–Trinajstić information content (AvgIpc) is 2.82. The molecule has 2 aromatic heterocycles. The Bertz CT molecular complexity index is 621. The van der Waals surface area contributed by atoms with E-state index in [0.29, 0.717) is 0 Å². The number of anilines is 1. The van der Waals surface area contributed by atoms with Crippen LogP contribution in [0, 0.1) is 6.92 Å². The number of aryl methyl sites for hydroxylation is 1. The number of hydrogen-bond acceptors (Lipinski definition) is 4. The standard InChI is InChI=1S/C15H22N4O/c1-11-16-14(18-7-9-20-10-8-18)12-5-6-13(15(2,3)4)19(12)17-11/h5-6H,7-10H2,1-4H3. The molecule has 0 aromatic carbocycles. The molecule has 0 spiro atoms. The maximum Gasteiger partial charge on any atom is 0.157 e. The second-order valence-corrected chi connectivity index (χ2v) is 6.35. The highest BCUT2D eigenvalue weighted by atomic mass is 16.5. The van der Waals surface area contributed by atoms with Gasteiger partial charge in [-0.25, -0.2) is 9.50 Å². The van der Waals surface area contributed by atoms with Crippen molar-refractivity contribution in [3.05, 3.63) is 23.7 Å². The van der Waals surface area contributed by atoms with Crippen LogP contribution < -0.4 is 4.90 Å². The number of ether oxygens (including phenoxy) is 1. The van der Waals surface area contributed by atoms with Gasteiger partial charge in [-0.05, 0) is 19.1 Å². The molecule has 0 bridgehead atoms. The first-order chi connectivity index (χ1) is 9.47. The summed E-state index contributed by atoms with van der Waals surface area (Å²) >= 11 is 0. The van der Waals surface area contributed by atoms with E-state index < -0.39 is 0 Å². The van der Waals surface area contributed by atoms with Gasteiger partial charge in [0.1, 0.15) is 11.3 Å². The summed E-state index contributed by atoms with van der Waals surface area (Å²) in [5.41, 5.74) is 2.37.